The van der Waals surface area contributed by atoms with Crippen molar-refractivity contribution in [1.29, 1.82) is 5.41 Å². The molecule has 2 amide bonds. The van der Waals surface area contributed by atoms with Crippen molar-refractivity contribution in [3.05, 3.63) is 88.4 Å². The van der Waals surface area contributed by atoms with E-state index in [2.05, 4.69) is 16.1 Å². The summed E-state index contributed by atoms with van der Waals surface area (Å²) in [5.74, 6) is -2.85. The highest BCUT2D eigenvalue weighted by Gasteiger charge is 2.31. The van der Waals surface area contributed by atoms with Crippen LogP contribution in [0.25, 0.3) is 11.1 Å². The number of aliphatic carboxylic acids is 1. The molecule has 0 saturated heterocycles. The van der Waals surface area contributed by atoms with Crippen LogP contribution in [0.1, 0.15) is 24.8 Å². The molecule has 0 aliphatic rings. The van der Waals surface area contributed by atoms with E-state index in [1.807, 2.05) is 42.5 Å². The molecule has 0 saturated carbocycles. The van der Waals surface area contributed by atoms with Crippen LogP contribution in [0.2, 0.25) is 10.0 Å². The number of amides is 2. The number of anilines is 1. The van der Waals surface area contributed by atoms with Crippen LogP contribution in [0.4, 0.5) is 5.69 Å². The lowest BCUT2D eigenvalue weighted by Gasteiger charge is -2.30. The van der Waals surface area contributed by atoms with Crippen molar-refractivity contribution in [2.24, 2.45) is 5.73 Å². The van der Waals surface area contributed by atoms with Gasteiger partial charge in [-0.25, -0.2) is 10.2 Å². The summed E-state index contributed by atoms with van der Waals surface area (Å²) >= 11 is 12.2. The van der Waals surface area contributed by atoms with Crippen molar-refractivity contribution >= 4 is 52.6 Å². The number of benzene rings is 3. The fraction of sp³-hybridized carbons (Fsp3) is 0.214. The summed E-state index contributed by atoms with van der Waals surface area (Å²) in [5, 5.41) is 24.3. The third kappa shape index (κ3) is 9.26. The minimum absolute atomic E-state index is 0.0277. The third-order valence-corrected chi connectivity index (χ3v) is 6.25. The standard InChI is InChI=1S/C28H30Cl2N6O4/c29-20-13-18(14-21(30)15-20)17-34-36(24(27(39)40)11-6-12-33-28(31)32)26(38)16-25(37)35-23-10-5-4-9-22(23)19-7-2-1-3-8-19/h1-5,7-10,13-15,24,34H,6,11-12,16-17H2,(H,35,37)(H,39,40)(H4,31,32,33)/t24-/m0/s1. The topological polar surface area (TPSA) is 161 Å². The largest absolute Gasteiger partial charge is 0.480 e. The Morgan fingerprint density at radius 2 is 1.62 bits per heavy atom. The first-order valence-corrected chi connectivity index (χ1v) is 13.1. The average Bonchev–Trinajstić information content (AvgIpc) is 2.89. The van der Waals surface area contributed by atoms with Gasteiger partial charge in [-0.2, -0.15) is 0 Å². The summed E-state index contributed by atoms with van der Waals surface area (Å²) in [6.07, 6.45) is -0.285. The predicted molar refractivity (Wildman–Crippen MR) is 156 cm³/mol. The summed E-state index contributed by atoms with van der Waals surface area (Å²) in [4.78, 5) is 38.6. The van der Waals surface area contributed by atoms with Crippen molar-refractivity contribution in [3.63, 3.8) is 0 Å². The van der Waals surface area contributed by atoms with Crippen LogP contribution in [0.3, 0.4) is 0 Å². The first-order chi connectivity index (χ1) is 19.1. The van der Waals surface area contributed by atoms with Gasteiger partial charge in [-0.15, -0.1) is 0 Å². The minimum Gasteiger partial charge on any atom is -0.480 e. The molecule has 0 heterocycles. The number of para-hydroxylation sites is 1. The molecule has 0 aliphatic carbocycles. The van der Waals surface area contributed by atoms with Gasteiger partial charge in [0.1, 0.15) is 12.5 Å². The Balaban J connectivity index is 1.77. The second-order valence-corrected chi connectivity index (χ2v) is 9.72. The molecule has 12 heteroatoms. The number of carboxylic acids is 1. The number of carbonyl (C=O) groups is 3. The summed E-state index contributed by atoms with van der Waals surface area (Å²) in [6, 6.07) is 20.2. The molecule has 0 aromatic heterocycles. The first kappa shape index (κ1) is 30.4. The number of hydrazine groups is 1. The number of carboxylic acid groups (broad SMARTS) is 1. The van der Waals surface area contributed by atoms with Gasteiger partial charge in [-0.05, 0) is 48.2 Å². The molecular weight excluding hydrogens is 555 g/mol. The van der Waals surface area contributed by atoms with Crippen LogP contribution in [-0.4, -0.2) is 46.4 Å². The van der Waals surface area contributed by atoms with Gasteiger partial charge in [0.05, 0.1) is 0 Å². The van der Waals surface area contributed by atoms with E-state index in [1.165, 1.54) is 0 Å². The number of nitrogens with one attached hydrogen (secondary N) is 4. The second-order valence-electron chi connectivity index (χ2n) is 8.85. The highest BCUT2D eigenvalue weighted by atomic mass is 35.5. The van der Waals surface area contributed by atoms with E-state index in [9.17, 15) is 19.5 Å². The average molecular weight is 585 g/mol. The van der Waals surface area contributed by atoms with Crippen LogP contribution in [-0.2, 0) is 20.9 Å². The van der Waals surface area contributed by atoms with E-state index in [4.69, 9.17) is 34.3 Å². The Labute approximate surface area is 241 Å². The first-order valence-electron chi connectivity index (χ1n) is 12.4. The zero-order valence-electron chi connectivity index (χ0n) is 21.5. The molecule has 40 heavy (non-hydrogen) atoms. The van der Waals surface area contributed by atoms with Crippen LogP contribution in [0.15, 0.2) is 72.8 Å². The number of rotatable bonds is 13. The molecule has 7 N–H and O–H groups in total. The number of guanidine groups is 1. The monoisotopic (exact) mass is 584 g/mol. The molecule has 3 aromatic carbocycles. The Kier molecular flexibility index (Phi) is 11.3. The maximum Gasteiger partial charge on any atom is 0.328 e. The molecule has 3 rings (SSSR count). The molecule has 0 unspecified atom stereocenters. The van der Waals surface area contributed by atoms with Gasteiger partial charge in [0, 0.05) is 34.4 Å². The zero-order chi connectivity index (χ0) is 29.1. The number of halogens is 2. The third-order valence-electron chi connectivity index (χ3n) is 5.81. The Hall–Kier alpha value is -4.12. The lowest BCUT2D eigenvalue weighted by molar-refractivity contribution is -0.154. The van der Waals surface area contributed by atoms with E-state index < -0.39 is 30.2 Å². The van der Waals surface area contributed by atoms with Crippen LogP contribution in [0.5, 0.6) is 0 Å². The normalized spacial score (nSPS) is 11.3. The van der Waals surface area contributed by atoms with Gasteiger partial charge >= 0.3 is 5.97 Å². The van der Waals surface area contributed by atoms with Gasteiger partial charge in [0.25, 0.3) is 0 Å². The number of hydrogen-bond acceptors (Lipinski definition) is 5. The van der Waals surface area contributed by atoms with Crippen molar-refractivity contribution in [1.82, 2.24) is 15.8 Å². The summed E-state index contributed by atoms with van der Waals surface area (Å²) in [5.41, 5.74) is 10.9. The molecule has 3 aromatic rings. The number of nitrogens with two attached hydrogens (primary N) is 1. The molecular formula is C28H30Cl2N6O4. The quantitative estimate of drug-likeness (QED) is 0.0575. The van der Waals surface area contributed by atoms with Gasteiger partial charge in [-0.3, -0.25) is 20.0 Å². The van der Waals surface area contributed by atoms with Gasteiger partial charge in [0.15, 0.2) is 5.96 Å². The molecule has 0 spiro atoms. The van der Waals surface area contributed by atoms with Crippen molar-refractivity contribution in [2.45, 2.75) is 31.8 Å². The van der Waals surface area contributed by atoms with Crippen LogP contribution < -0.4 is 21.8 Å². The lowest BCUT2D eigenvalue weighted by atomic mass is 10.0. The predicted octanol–water partition coefficient (Wildman–Crippen LogP) is 4.24. The fourth-order valence-electron chi connectivity index (χ4n) is 4.02. The smallest absolute Gasteiger partial charge is 0.328 e. The Morgan fingerprint density at radius 3 is 2.27 bits per heavy atom. The molecule has 0 aliphatic heterocycles. The fourth-order valence-corrected chi connectivity index (χ4v) is 4.59. The molecule has 210 valence electrons. The maximum atomic E-state index is 13.4. The van der Waals surface area contributed by atoms with Gasteiger partial charge in [-0.1, -0.05) is 71.7 Å². The van der Waals surface area contributed by atoms with Gasteiger partial charge < -0.3 is 21.5 Å². The lowest BCUT2D eigenvalue weighted by Crippen LogP contribution is -2.53. The van der Waals surface area contributed by atoms with Crippen LogP contribution in [0, 0.1) is 5.41 Å². The summed E-state index contributed by atoms with van der Waals surface area (Å²) in [6.45, 7) is 0.266. The van der Waals surface area contributed by atoms with Gasteiger partial charge in [0.2, 0.25) is 11.8 Å². The molecule has 1 atom stereocenters. The maximum absolute atomic E-state index is 13.4. The van der Waals surface area contributed by atoms with Crippen molar-refractivity contribution < 1.29 is 19.5 Å². The zero-order valence-corrected chi connectivity index (χ0v) is 23.0. The van der Waals surface area contributed by atoms with E-state index in [-0.39, 0.29) is 25.5 Å². The highest BCUT2D eigenvalue weighted by molar-refractivity contribution is 6.34. The molecule has 10 nitrogen and oxygen atoms in total. The molecule has 0 radical (unpaired) electrons. The summed E-state index contributed by atoms with van der Waals surface area (Å²) < 4.78 is 0. The minimum atomic E-state index is -1.31. The van der Waals surface area contributed by atoms with Crippen LogP contribution >= 0.6 is 23.2 Å². The van der Waals surface area contributed by atoms with Crippen molar-refractivity contribution in [2.75, 3.05) is 11.9 Å². The van der Waals surface area contributed by atoms with E-state index in [1.54, 1.807) is 30.3 Å². The van der Waals surface area contributed by atoms with E-state index >= 15 is 0 Å². The number of carbonyl (C=O) groups excluding carboxylic acids is 2. The van der Waals surface area contributed by atoms with E-state index in [0.29, 0.717) is 27.7 Å². The summed E-state index contributed by atoms with van der Waals surface area (Å²) in [7, 11) is 0. The second kappa shape index (κ2) is 14.9. The Morgan fingerprint density at radius 1 is 0.975 bits per heavy atom. The molecule has 0 bridgehead atoms. The number of hydrogen-bond donors (Lipinski definition) is 6. The van der Waals surface area contributed by atoms with Crippen molar-refractivity contribution in [3.8, 4) is 11.1 Å². The molecule has 0 fully saturated rings. The highest BCUT2D eigenvalue weighted by Crippen LogP contribution is 2.27. The number of nitrogens with zero attached hydrogens (tertiary/aromatic N) is 1. The SMILES string of the molecule is N=C(N)NCCC[C@@H](C(=O)O)N(NCc1cc(Cl)cc(Cl)c1)C(=O)CC(=O)Nc1ccccc1-c1ccccc1. The van der Waals surface area contributed by atoms with E-state index in [0.717, 1.165) is 16.1 Å². The Bertz CT molecular complexity index is 1340.